The lowest BCUT2D eigenvalue weighted by atomic mass is 10.1. The molecular formula is C15H17N2O2. The van der Waals surface area contributed by atoms with Crippen molar-refractivity contribution in [3.63, 3.8) is 0 Å². The molecule has 0 aliphatic heterocycles. The van der Waals surface area contributed by atoms with E-state index in [1.54, 1.807) is 12.1 Å². The first kappa shape index (κ1) is 16.8. The number of aldehydes is 1. The van der Waals surface area contributed by atoms with E-state index < -0.39 is 0 Å². The van der Waals surface area contributed by atoms with E-state index in [2.05, 4.69) is 0 Å². The van der Waals surface area contributed by atoms with Gasteiger partial charge in [-0.1, -0.05) is 30.3 Å². The Morgan fingerprint density at radius 3 is 2.05 bits per heavy atom. The summed E-state index contributed by atoms with van der Waals surface area (Å²) in [5.41, 5.74) is 5.89. The zero-order chi connectivity index (χ0) is 13.4. The van der Waals surface area contributed by atoms with Crippen LogP contribution in [0.5, 0.6) is 0 Å². The number of aryl methyl sites for hydroxylation is 2. The maximum Gasteiger partial charge on any atom is 0.150 e. The molecule has 0 saturated heterocycles. The first-order chi connectivity index (χ1) is 8.67. The highest BCUT2D eigenvalue weighted by atomic mass is 16.5. The van der Waals surface area contributed by atoms with Gasteiger partial charge in [0, 0.05) is 11.7 Å². The fraction of sp³-hybridized carbons (Fsp3) is 0.133. The van der Waals surface area contributed by atoms with E-state index in [-0.39, 0.29) is 6.15 Å². The van der Waals surface area contributed by atoms with Crippen molar-refractivity contribution < 1.29 is 10.0 Å². The second-order valence-electron chi connectivity index (χ2n) is 3.94. The van der Waals surface area contributed by atoms with Gasteiger partial charge in [-0.3, -0.25) is 15.5 Å². The predicted octanol–water partition coefficient (Wildman–Crippen LogP) is 3.12. The Balaban J connectivity index is 0.000000331. The molecule has 0 spiro atoms. The number of hydrogen-bond acceptors (Lipinski definition) is 3. The van der Waals surface area contributed by atoms with Gasteiger partial charge >= 0.3 is 0 Å². The van der Waals surface area contributed by atoms with Gasteiger partial charge in [-0.25, -0.2) is 0 Å². The van der Waals surface area contributed by atoms with Crippen LogP contribution in [0.1, 0.15) is 21.5 Å². The molecule has 0 aliphatic rings. The number of carbonyl (C=O) groups excluding carboxylic acids is 1. The van der Waals surface area contributed by atoms with Gasteiger partial charge < -0.3 is 0 Å². The van der Waals surface area contributed by atoms with Gasteiger partial charge in [0.25, 0.3) is 0 Å². The quantitative estimate of drug-likeness (QED) is 0.640. The van der Waals surface area contributed by atoms with Crippen LogP contribution in [-0.4, -0.2) is 11.5 Å². The molecule has 4 nitrogen and oxygen atoms in total. The van der Waals surface area contributed by atoms with E-state index >= 15 is 0 Å². The molecule has 99 valence electrons. The second kappa shape index (κ2) is 8.85. The van der Waals surface area contributed by atoms with E-state index in [1.165, 1.54) is 11.1 Å². The molecule has 3 radical (unpaired) electrons. The molecule has 0 fully saturated rings. The number of carbonyl (C=O) groups is 1. The van der Waals surface area contributed by atoms with Gasteiger partial charge in [-0.15, -0.1) is 0 Å². The Morgan fingerprint density at radius 1 is 1.00 bits per heavy atom. The number of anilines is 1. The zero-order valence-electron chi connectivity index (χ0n) is 11.0. The van der Waals surface area contributed by atoms with Crippen LogP contribution >= 0.6 is 0 Å². The van der Waals surface area contributed by atoms with Gasteiger partial charge in [-0.2, -0.15) is 0 Å². The standard InChI is InChI=1S/C9H10O.C6H7NO.N/c1-7-3-4-9(6-10)5-8(7)2;8-7-6-4-2-1-3-5-6;/h3-6H,1-2H3;1-5,7-8H;. The molecule has 0 atom stereocenters. The van der Waals surface area contributed by atoms with Gasteiger partial charge in [0.15, 0.2) is 0 Å². The average Bonchev–Trinajstić information content (AvgIpc) is 2.43. The molecule has 2 aromatic rings. The van der Waals surface area contributed by atoms with Crippen LogP contribution in [0, 0.1) is 13.8 Å². The summed E-state index contributed by atoms with van der Waals surface area (Å²) in [4.78, 5) is 10.3. The number of nitrogens with one attached hydrogen (secondary N) is 1. The maximum absolute atomic E-state index is 10.3. The van der Waals surface area contributed by atoms with E-state index in [0.717, 1.165) is 11.8 Å². The van der Waals surface area contributed by atoms with Crippen LogP contribution in [0.15, 0.2) is 48.5 Å². The van der Waals surface area contributed by atoms with E-state index in [4.69, 9.17) is 5.21 Å². The Morgan fingerprint density at radius 2 is 1.63 bits per heavy atom. The number of benzene rings is 2. The summed E-state index contributed by atoms with van der Waals surface area (Å²) in [5.74, 6) is 0. The molecule has 4 heteroatoms. The molecule has 2 aromatic carbocycles. The first-order valence-electron chi connectivity index (χ1n) is 5.65. The van der Waals surface area contributed by atoms with Crippen LogP contribution in [0.4, 0.5) is 5.69 Å². The monoisotopic (exact) mass is 257 g/mol. The summed E-state index contributed by atoms with van der Waals surface area (Å²) < 4.78 is 0. The van der Waals surface area contributed by atoms with Crippen molar-refractivity contribution >= 4 is 12.0 Å². The summed E-state index contributed by atoms with van der Waals surface area (Å²) in [6, 6.07) is 14.8. The van der Waals surface area contributed by atoms with Gasteiger partial charge in [0.1, 0.15) is 6.29 Å². The van der Waals surface area contributed by atoms with Crippen molar-refractivity contribution in [1.82, 2.24) is 6.15 Å². The highest BCUT2D eigenvalue weighted by Gasteiger charge is 1.92. The highest BCUT2D eigenvalue weighted by molar-refractivity contribution is 5.75. The molecular weight excluding hydrogens is 240 g/mol. The number of para-hydroxylation sites is 1. The lowest BCUT2D eigenvalue weighted by molar-refractivity contribution is 0.112. The van der Waals surface area contributed by atoms with Crippen LogP contribution in [0.3, 0.4) is 0 Å². The summed E-state index contributed by atoms with van der Waals surface area (Å²) in [6.45, 7) is 4.03. The fourth-order valence-corrected chi connectivity index (χ4v) is 1.35. The highest BCUT2D eigenvalue weighted by Crippen LogP contribution is 2.07. The SMILES string of the molecule is Cc1ccc(C=O)cc1C.ONc1ccccc1.[N]. The fourth-order valence-electron chi connectivity index (χ4n) is 1.35. The van der Waals surface area contributed by atoms with Crippen LogP contribution in [0.25, 0.3) is 0 Å². The average molecular weight is 257 g/mol. The van der Waals surface area contributed by atoms with Gasteiger partial charge in [0.2, 0.25) is 0 Å². The van der Waals surface area contributed by atoms with Crippen molar-refractivity contribution in [3.05, 3.63) is 65.2 Å². The molecule has 0 saturated carbocycles. The predicted molar refractivity (Wildman–Crippen MR) is 75.3 cm³/mol. The molecule has 0 aliphatic carbocycles. The third-order valence-electron chi connectivity index (χ3n) is 2.57. The summed E-state index contributed by atoms with van der Waals surface area (Å²) in [7, 11) is 0. The molecule has 0 bridgehead atoms. The molecule has 2 rings (SSSR count). The Bertz CT molecular complexity index is 499. The van der Waals surface area contributed by atoms with Crippen molar-refractivity contribution in [1.29, 1.82) is 0 Å². The molecule has 0 amide bonds. The molecule has 2 N–H and O–H groups in total. The molecule has 19 heavy (non-hydrogen) atoms. The largest absolute Gasteiger partial charge is 0.298 e. The summed E-state index contributed by atoms with van der Waals surface area (Å²) >= 11 is 0. The lowest BCUT2D eigenvalue weighted by Crippen LogP contribution is -1.85. The summed E-state index contributed by atoms with van der Waals surface area (Å²) in [6.07, 6.45) is 0.867. The van der Waals surface area contributed by atoms with Crippen molar-refractivity contribution in [3.8, 4) is 0 Å². The van der Waals surface area contributed by atoms with Crippen LogP contribution in [0.2, 0.25) is 0 Å². The third-order valence-corrected chi connectivity index (χ3v) is 2.57. The van der Waals surface area contributed by atoms with E-state index in [9.17, 15) is 4.79 Å². The lowest BCUT2D eigenvalue weighted by Gasteiger charge is -1.97. The normalized spacial score (nSPS) is 8.58. The first-order valence-corrected chi connectivity index (χ1v) is 5.65. The van der Waals surface area contributed by atoms with Crippen LogP contribution < -0.4 is 11.6 Å². The zero-order valence-corrected chi connectivity index (χ0v) is 11.0. The topological polar surface area (TPSA) is 79.8 Å². The second-order valence-corrected chi connectivity index (χ2v) is 3.94. The van der Waals surface area contributed by atoms with Crippen molar-refractivity contribution in [2.75, 3.05) is 5.48 Å². The minimum Gasteiger partial charge on any atom is -0.298 e. The third kappa shape index (κ3) is 5.81. The maximum atomic E-state index is 10.3. The Hall–Kier alpha value is -2.17. The van der Waals surface area contributed by atoms with Crippen LogP contribution in [-0.2, 0) is 0 Å². The van der Waals surface area contributed by atoms with Gasteiger partial charge in [0.05, 0.1) is 5.69 Å². The Kier molecular flexibility index (Phi) is 7.84. The number of nitrogens with zero attached hydrogens (tertiary/aromatic N) is 1. The number of rotatable bonds is 2. The smallest absolute Gasteiger partial charge is 0.150 e. The minimum absolute atomic E-state index is 0. The van der Waals surface area contributed by atoms with Crippen molar-refractivity contribution in [2.24, 2.45) is 0 Å². The van der Waals surface area contributed by atoms with E-state index in [1.807, 2.05) is 55.7 Å². The Labute approximate surface area is 113 Å². The molecule has 0 heterocycles. The molecule has 0 unspecified atom stereocenters. The van der Waals surface area contributed by atoms with Crippen molar-refractivity contribution in [2.45, 2.75) is 13.8 Å². The molecule has 0 aromatic heterocycles. The summed E-state index contributed by atoms with van der Waals surface area (Å²) in [5, 5.41) is 8.29. The number of hydrogen-bond donors (Lipinski definition) is 2. The van der Waals surface area contributed by atoms with E-state index in [0.29, 0.717) is 5.69 Å². The van der Waals surface area contributed by atoms with Gasteiger partial charge in [-0.05, 0) is 43.2 Å². The minimum atomic E-state index is 0.